The summed E-state index contributed by atoms with van der Waals surface area (Å²) in [4.78, 5) is 4.37. The number of nitrogens with two attached hydrogens (primary N) is 1. The fraction of sp³-hybridized carbons (Fsp3) is 0.0800. The predicted octanol–water partition coefficient (Wildman–Crippen LogP) is 4.48. The van der Waals surface area contributed by atoms with Gasteiger partial charge in [-0.05, 0) is 54.1 Å². The molecule has 3 N–H and O–H groups in total. The molecule has 0 aliphatic carbocycles. The molecule has 2 atom stereocenters. The summed E-state index contributed by atoms with van der Waals surface area (Å²) < 4.78 is 28.7. The molecular weight excluding hydrogens is 408 g/mol. The second-order valence-corrected chi connectivity index (χ2v) is 9.73. The lowest BCUT2D eigenvalue weighted by atomic mass is 9.98. The molecule has 3 aromatic carbocycles. The maximum atomic E-state index is 14.5. The van der Waals surface area contributed by atoms with E-state index in [-0.39, 0.29) is 5.82 Å². The highest BCUT2D eigenvalue weighted by molar-refractivity contribution is 7.76. The molecule has 0 radical (unpaired) electrons. The van der Waals surface area contributed by atoms with E-state index in [0.717, 1.165) is 0 Å². The van der Waals surface area contributed by atoms with E-state index >= 15 is 0 Å². The van der Waals surface area contributed by atoms with Crippen molar-refractivity contribution in [2.24, 2.45) is 5.73 Å². The van der Waals surface area contributed by atoms with Gasteiger partial charge < -0.3 is 5.73 Å². The topological polar surface area (TPSA) is 68.0 Å². The van der Waals surface area contributed by atoms with Gasteiger partial charge in [-0.15, -0.1) is 0 Å². The van der Waals surface area contributed by atoms with E-state index in [1.807, 2.05) is 72.8 Å². The minimum absolute atomic E-state index is 0.383. The number of hydrogen-bond acceptors (Lipinski definition) is 3. The highest BCUT2D eigenvalue weighted by atomic mass is 31.2. The second-order valence-electron chi connectivity index (χ2n) is 7.22. The quantitative estimate of drug-likeness (QED) is 0.424. The molecule has 0 fully saturated rings. The van der Waals surface area contributed by atoms with Crippen LogP contribution in [0.15, 0.2) is 109 Å². The maximum absolute atomic E-state index is 14.5. The van der Waals surface area contributed by atoms with Crippen LogP contribution in [0.4, 0.5) is 4.39 Å². The number of hydrogen-bond donors (Lipinski definition) is 2. The first-order chi connectivity index (χ1) is 15.1. The van der Waals surface area contributed by atoms with E-state index in [0.29, 0.717) is 21.9 Å². The van der Waals surface area contributed by atoms with E-state index in [1.54, 1.807) is 24.4 Å². The first-order valence-corrected chi connectivity index (χ1v) is 11.7. The average Bonchev–Trinajstić information content (AvgIpc) is 2.83. The number of rotatable bonds is 7. The fourth-order valence-corrected chi connectivity index (χ4v) is 6.06. The molecular formula is C25H23FN3OP. The van der Waals surface area contributed by atoms with Gasteiger partial charge in [0.25, 0.3) is 0 Å². The first-order valence-electron chi connectivity index (χ1n) is 9.99. The van der Waals surface area contributed by atoms with Crippen LogP contribution in [0.3, 0.4) is 0 Å². The number of halogens is 1. The Hall–Kier alpha value is -3.11. The zero-order valence-corrected chi connectivity index (χ0v) is 17.7. The van der Waals surface area contributed by atoms with Crippen molar-refractivity contribution in [3.63, 3.8) is 0 Å². The standard InChI is InChI=1S/C25H23FN3OP/c26-20-11-9-10-19(18-20)25(24(27)23-16-7-8-17-28-23)29-31(30,21-12-3-1-4-13-21)22-14-5-2-6-15-22/h1-18,24-25H,27H2,(H,29,30)/t24-,25+/m0/s1. The van der Waals surface area contributed by atoms with E-state index in [1.165, 1.54) is 12.1 Å². The Balaban J connectivity index is 1.84. The molecule has 156 valence electrons. The molecule has 0 bridgehead atoms. The summed E-state index contributed by atoms with van der Waals surface area (Å²) in [5.41, 5.74) is 7.84. The van der Waals surface area contributed by atoms with Gasteiger partial charge in [0.2, 0.25) is 7.29 Å². The number of nitrogens with one attached hydrogen (secondary N) is 1. The number of nitrogens with zero attached hydrogens (tertiary/aromatic N) is 1. The fourth-order valence-electron chi connectivity index (χ4n) is 3.58. The van der Waals surface area contributed by atoms with Crippen LogP contribution in [0.5, 0.6) is 0 Å². The Morgan fingerprint density at radius 3 is 1.97 bits per heavy atom. The Bertz CT molecular complexity index is 1130. The van der Waals surface area contributed by atoms with Crippen molar-refractivity contribution >= 4 is 17.9 Å². The predicted molar refractivity (Wildman–Crippen MR) is 123 cm³/mol. The molecule has 0 saturated heterocycles. The molecule has 0 spiro atoms. The molecule has 6 heteroatoms. The summed E-state index contributed by atoms with van der Waals surface area (Å²) in [5, 5.41) is 4.63. The molecule has 0 saturated carbocycles. The van der Waals surface area contributed by atoms with Crippen molar-refractivity contribution in [1.82, 2.24) is 10.1 Å². The van der Waals surface area contributed by atoms with Crippen LogP contribution in [0.1, 0.15) is 23.3 Å². The van der Waals surface area contributed by atoms with Gasteiger partial charge in [-0.1, -0.05) is 54.6 Å². The van der Waals surface area contributed by atoms with Gasteiger partial charge in [0, 0.05) is 16.8 Å². The van der Waals surface area contributed by atoms with Crippen LogP contribution < -0.4 is 21.4 Å². The van der Waals surface area contributed by atoms with Crippen molar-refractivity contribution in [3.05, 3.63) is 126 Å². The molecule has 1 heterocycles. The zero-order valence-electron chi connectivity index (χ0n) is 16.8. The molecule has 4 aromatic rings. The summed E-state index contributed by atoms with van der Waals surface area (Å²) >= 11 is 0. The molecule has 4 nitrogen and oxygen atoms in total. The monoisotopic (exact) mass is 431 g/mol. The van der Waals surface area contributed by atoms with Gasteiger partial charge in [-0.25, -0.2) is 4.39 Å². The van der Waals surface area contributed by atoms with Crippen molar-refractivity contribution in [2.45, 2.75) is 12.1 Å². The summed E-state index contributed by atoms with van der Waals surface area (Å²) in [6.07, 6.45) is 1.66. The lowest BCUT2D eigenvalue weighted by Gasteiger charge is -2.31. The van der Waals surface area contributed by atoms with Crippen LogP contribution in [0.2, 0.25) is 0 Å². The minimum atomic E-state index is -3.32. The third kappa shape index (κ3) is 4.64. The van der Waals surface area contributed by atoms with Crippen LogP contribution in [-0.4, -0.2) is 4.98 Å². The van der Waals surface area contributed by atoms with Crippen molar-refractivity contribution in [1.29, 1.82) is 0 Å². The lowest BCUT2D eigenvalue weighted by Crippen LogP contribution is -2.36. The molecule has 4 rings (SSSR count). The molecule has 0 aliphatic heterocycles. The van der Waals surface area contributed by atoms with Gasteiger partial charge in [0.05, 0.1) is 17.8 Å². The first kappa shape index (κ1) is 21.1. The number of benzene rings is 3. The summed E-state index contributed by atoms with van der Waals surface area (Å²) in [6.45, 7) is 0. The average molecular weight is 431 g/mol. The number of aromatic nitrogens is 1. The second kappa shape index (κ2) is 9.36. The van der Waals surface area contributed by atoms with Gasteiger partial charge in [0.15, 0.2) is 0 Å². The normalized spacial score (nSPS) is 13.5. The van der Waals surface area contributed by atoms with E-state index in [2.05, 4.69) is 10.1 Å². The van der Waals surface area contributed by atoms with Gasteiger partial charge in [-0.2, -0.15) is 0 Å². The third-order valence-electron chi connectivity index (χ3n) is 5.16. The largest absolute Gasteiger partial charge is 0.321 e. The Morgan fingerprint density at radius 2 is 1.42 bits per heavy atom. The van der Waals surface area contributed by atoms with Crippen LogP contribution in [-0.2, 0) is 4.57 Å². The Kier molecular flexibility index (Phi) is 6.38. The van der Waals surface area contributed by atoms with Crippen molar-refractivity contribution in [3.8, 4) is 0 Å². The smallest absolute Gasteiger partial charge is 0.205 e. The summed E-state index contributed by atoms with van der Waals surface area (Å²) in [7, 11) is -3.32. The van der Waals surface area contributed by atoms with Gasteiger partial charge >= 0.3 is 0 Å². The molecule has 1 aromatic heterocycles. The molecule has 0 aliphatic rings. The van der Waals surface area contributed by atoms with E-state index in [9.17, 15) is 8.96 Å². The van der Waals surface area contributed by atoms with E-state index in [4.69, 9.17) is 5.73 Å². The lowest BCUT2D eigenvalue weighted by molar-refractivity contribution is 0.500. The highest BCUT2D eigenvalue weighted by Gasteiger charge is 2.34. The van der Waals surface area contributed by atoms with Gasteiger partial charge in [-0.3, -0.25) is 14.6 Å². The van der Waals surface area contributed by atoms with Crippen LogP contribution in [0, 0.1) is 5.82 Å². The molecule has 0 amide bonds. The van der Waals surface area contributed by atoms with Crippen molar-refractivity contribution < 1.29 is 8.96 Å². The van der Waals surface area contributed by atoms with Crippen molar-refractivity contribution in [2.75, 3.05) is 0 Å². The highest BCUT2D eigenvalue weighted by Crippen LogP contribution is 2.44. The Morgan fingerprint density at radius 1 is 0.806 bits per heavy atom. The van der Waals surface area contributed by atoms with Crippen LogP contribution in [0.25, 0.3) is 0 Å². The zero-order chi connectivity index (χ0) is 21.7. The van der Waals surface area contributed by atoms with Gasteiger partial charge in [0.1, 0.15) is 5.82 Å². The summed E-state index contributed by atoms with van der Waals surface area (Å²) in [5.74, 6) is -0.383. The minimum Gasteiger partial charge on any atom is -0.321 e. The third-order valence-corrected chi connectivity index (χ3v) is 7.85. The summed E-state index contributed by atoms with van der Waals surface area (Å²) in [6, 6.07) is 28.8. The maximum Gasteiger partial charge on any atom is 0.205 e. The van der Waals surface area contributed by atoms with E-state index < -0.39 is 19.4 Å². The Labute approximate surface area is 181 Å². The molecule has 31 heavy (non-hydrogen) atoms. The SMILES string of the molecule is N[C@@H](c1ccccn1)[C@H](NP(=O)(c1ccccc1)c1ccccc1)c1cccc(F)c1. The molecule has 0 unspecified atom stereocenters. The van der Waals surface area contributed by atoms with Crippen LogP contribution >= 0.6 is 7.29 Å². The number of pyridine rings is 1.